The fourth-order valence-corrected chi connectivity index (χ4v) is 6.56. The molecule has 3 amide bonds. The first-order valence-corrected chi connectivity index (χ1v) is 19.1. The number of hydrogen-bond acceptors (Lipinski definition) is 14. The Kier molecular flexibility index (Phi) is 13.7. The van der Waals surface area contributed by atoms with Gasteiger partial charge in [0.1, 0.15) is 33.6 Å². The van der Waals surface area contributed by atoms with Crippen molar-refractivity contribution in [2.75, 3.05) is 74.3 Å². The molecule has 2 aliphatic rings. The van der Waals surface area contributed by atoms with Gasteiger partial charge in [-0.05, 0) is 35.4 Å². The Balaban J connectivity index is 0.000000223. The number of nitrogens with zero attached hydrogens (tertiary/aromatic N) is 6. The van der Waals surface area contributed by atoms with Gasteiger partial charge < -0.3 is 40.2 Å². The van der Waals surface area contributed by atoms with Gasteiger partial charge in [-0.1, -0.05) is 23.7 Å². The number of rotatable bonds is 9. The lowest BCUT2D eigenvalue weighted by atomic mass is 10.1. The van der Waals surface area contributed by atoms with Gasteiger partial charge in [-0.3, -0.25) is 14.6 Å². The summed E-state index contributed by atoms with van der Waals surface area (Å²) in [4.78, 5) is 54.0. The van der Waals surface area contributed by atoms with Crippen molar-refractivity contribution in [1.82, 2.24) is 25.3 Å². The van der Waals surface area contributed by atoms with E-state index < -0.39 is 52.5 Å². The smallest absolute Gasteiger partial charge is 0.421 e. The first kappa shape index (κ1) is 46.2. The van der Waals surface area contributed by atoms with E-state index in [0.717, 1.165) is 11.1 Å². The number of aromatic nitrogens is 4. The lowest BCUT2D eigenvalue weighted by molar-refractivity contribution is -0.138. The molecule has 24 heteroatoms. The Hall–Kier alpha value is -7.30. The van der Waals surface area contributed by atoms with Gasteiger partial charge in [0, 0.05) is 58.5 Å². The van der Waals surface area contributed by atoms with E-state index in [-0.39, 0.29) is 36.4 Å². The molecule has 5 aromatic rings. The Morgan fingerprint density at radius 2 is 1.20 bits per heavy atom. The minimum atomic E-state index is -4.76. The van der Waals surface area contributed by atoms with Crippen molar-refractivity contribution in [2.45, 2.75) is 25.2 Å². The summed E-state index contributed by atoms with van der Waals surface area (Å²) in [7, 11) is 7.38. The Bertz CT molecular complexity index is 2580. The quantitative estimate of drug-likeness (QED) is 0.0812. The maximum Gasteiger partial charge on any atom is 0.421 e. The molecule has 7 rings (SSSR count). The summed E-state index contributed by atoms with van der Waals surface area (Å²) in [5.74, 6) is -0.653. The third kappa shape index (κ3) is 10.3. The van der Waals surface area contributed by atoms with Crippen LogP contribution in [0.25, 0.3) is 0 Å². The number of amides is 3. The molecule has 0 aliphatic carbocycles. The lowest BCUT2D eigenvalue weighted by Gasteiger charge is -2.20. The van der Waals surface area contributed by atoms with Crippen molar-refractivity contribution >= 4 is 75.8 Å². The SMILES string of the molecule is CNC(=O)c1ccccc1Nc1nc(Nc2cc3c(cc2OC)N(C)C(=O)OCC3)ncc1C(F)(F)F.COc1cc2c(cc1Nc1ncc(C(F)(F)F)c(Cl)n1)CCOC(=O)N2C. The average molecular weight is 919 g/mol. The van der Waals surface area contributed by atoms with Crippen molar-refractivity contribution in [3.8, 4) is 11.5 Å². The van der Waals surface area contributed by atoms with Crippen LogP contribution in [0.3, 0.4) is 0 Å². The summed E-state index contributed by atoms with van der Waals surface area (Å²) in [5.41, 5.74) is 1.53. The van der Waals surface area contributed by atoms with Crippen molar-refractivity contribution in [2.24, 2.45) is 0 Å². The number of halogens is 7. The molecule has 0 fully saturated rings. The molecule has 4 N–H and O–H groups in total. The number of hydrogen-bond donors (Lipinski definition) is 4. The predicted octanol–water partition coefficient (Wildman–Crippen LogP) is 8.51. The van der Waals surface area contributed by atoms with E-state index >= 15 is 0 Å². The highest BCUT2D eigenvalue weighted by Crippen LogP contribution is 2.40. The molecule has 2 aromatic heterocycles. The van der Waals surface area contributed by atoms with Crippen LogP contribution >= 0.6 is 11.6 Å². The van der Waals surface area contributed by atoms with E-state index in [0.29, 0.717) is 59.5 Å². The van der Waals surface area contributed by atoms with E-state index in [1.807, 2.05) is 0 Å². The van der Waals surface area contributed by atoms with Gasteiger partial charge in [0.15, 0.2) is 0 Å². The van der Waals surface area contributed by atoms with Crippen LogP contribution in [0.4, 0.5) is 82.1 Å². The predicted molar refractivity (Wildman–Crippen MR) is 222 cm³/mol. The number of methoxy groups -OCH3 is 2. The number of carbonyl (C=O) groups is 3. The third-order valence-electron chi connectivity index (χ3n) is 9.55. The van der Waals surface area contributed by atoms with Crippen LogP contribution in [0.1, 0.15) is 32.6 Å². The molecule has 2 aliphatic heterocycles. The molecule has 0 unspecified atom stereocenters. The molecule has 3 aromatic carbocycles. The van der Waals surface area contributed by atoms with Crippen LogP contribution in [0, 0.1) is 0 Å². The molecule has 17 nitrogen and oxygen atoms in total. The zero-order valence-electron chi connectivity index (χ0n) is 34.3. The second-order valence-electron chi connectivity index (χ2n) is 13.6. The minimum absolute atomic E-state index is 0.124. The second-order valence-corrected chi connectivity index (χ2v) is 13.9. The number of cyclic esters (lactones) is 2. The zero-order chi connectivity index (χ0) is 46.5. The van der Waals surface area contributed by atoms with Crippen molar-refractivity contribution < 1.29 is 59.7 Å². The highest BCUT2D eigenvalue weighted by Gasteiger charge is 2.37. The summed E-state index contributed by atoms with van der Waals surface area (Å²) < 4.78 is 101. The molecular formula is C40H37ClF6N10O7. The number of nitrogens with one attached hydrogen (secondary N) is 4. The second kappa shape index (κ2) is 19.0. The number of carbonyl (C=O) groups excluding carboxylic acids is 3. The van der Waals surface area contributed by atoms with Gasteiger partial charge in [0.05, 0.1) is 61.4 Å². The fourth-order valence-electron chi connectivity index (χ4n) is 6.32. The Labute approximate surface area is 365 Å². The molecule has 64 heavy (non-hydrogen) atoms. The van der Waals surface area contributed by atoms with E-state index in [9.17, 15) is 40.7 Å². The van der Waals surface area contributed by atoms with Gasteiger partial charge in [-0.25, -0.2) is 24.5 Å². The number of ether oxygens (including phenoxy) is 4. The summed E-state index contributed by atoms with van der Waals surface area (Å²) in [6.45, 7) is 0.363. The molecule has 4 heterocycles. The van der Waals surface area contributed by atoms with Gasteiger partial charge in [0.2, 0.25) is 11.9 Å². The van der Waals surface area contributed by atoms with Gasteiger partial charge >= 0.3 is 24.5 Å². The standard InChI is InChI=1S/C24H23F3N6O4.C16H14ClF3N4O3/c1-28-21(34)14-6-4-5-7-16(14)30-20-15(24(25,26)27)12-29-22(32-20)31-17-10-13-8-9-37-23(35)33(2)18(13)11-19(17)36-3;1-24-11-6-12(26-2)10(5-8(11)3-4-27-15(24)25)22-14-21-7-9(13(17)23-14)16(18,19)20/h4-7,10-12H,8-9H2,1-3H3,(H,28,34)(H2,29,30,31,32);5-7H,3-4H2,1-2H3,(H,21,22,23). The summed E-state index contributed by atoms with van der Waals surface area (Å²) >= 11 is 5.62. The molecule has 0 bridgehead atoms. The summed E-state index contributed by atoms with van der Waals surface area (Å²) in [6, 6.07) is 12.7. The first-order valence-electron chi connectivity index (χ1n) is 18.7. The van der Waals surface area contributed by atoms with Gasteiger partial charge in [0.25, 0.3) is 5.91 Å². The summed E-state index contributed by atoms with van der Waals surface area (Å²) in [5, 5.41) is 10.0. The number of para-hydroxylation sites is 1. The van der Waals surface area contributed by atoms with Crippen molar-refractivity contribution in [3.63, 3.8) is 0 Å². The third-order valence-corrected chi connectivity index (χ3v) is 9.84. The largest absolute Gasteiger partial charge is 0.494 e. The lowest BCUT2D eigenvalue weighted by Crippen LogP contribution is -2.25. The van der Waals surface area contributed by atoms with Gasteiger partial charge in [-0.15, -0.1) is 0 Å². The number of anilines is 8. The van der Waals surface area contributed by atoms with Crippen molar-refractivity contribution in [3.05, 3.63) is 93.9 Å². The molecule has 0 saturated carbocycles. The van der Waals surface area contributed by atoms with E-state index in [2.05, 4.69) is 41.2 Å². The molecular weight excluding hydrogens is 882 g/mol. The van der Waals surface area contributed by atoms with Crippen LogP contribution in [-0.2, 0) is 34.7 Å². The Morgan fingerprint density at radius 1 is 0.719 bits per heavy atom. The number of fused-ring (bicyclic) bond motifs is 2. The zero-order valence-corrected chi connectivity index (χ0v) is 35.0. The van der Waals surface area contributed by atoms with E-state index in [1.54, 1.807) is 50.5 Å². The molecule has 0 saturated heterocycles. The van der Waals surface area contributed by atoms with Crippen LogP contribution in [0.5, 0.6) is 11.5 Å². The van der Waals surface area contributed by atoms with Crippen LogP contribution in [-0.4, -0.2) is 86.6 Å². The van der Waals surface area contributed by atoms with Crippen LogP contribution in [0.15, 0.2) is 60.9 Å². The summed E-state index contributed by atoms with van der Waals surface area (Å²) in [6.07, 6.45) is -8.28. The fraction of sp³-hybridized carbons (Fsp3) is 0.275. The maximum absolute atomic E-state index is 13.8. The molecule has 0 radical (unpaired) electrons. The average Bonchev–Trinajstić information content (AvgIpc) is 3.47. The van der Waals surface area contributed by atoms with Crippen LogP contribution < -0.4 is 40.5 Å². The van der Waals surface area contributed by atoms with E-state index in [1.165, 1.54) is 43.2 Å². The van der Waals surface area contributed by atoms with Crippen LogP contribution in [0.2, 0.25) is 5.15 Å². The Morgan fingerprint density at radius 3 is 1.67 bits per heavy atom. The molecule has 0 spiro atoms. The minimum Gasteiger partial charge on any atom is -0.494 e. The van der Waals surface area contributed by atoms with E-state index in [4.69, 9.17) is 30.5 Å². The highest BCUT2D eigenvalue weighted by molar-refractivity contribution is 6.30. The monoisotopic (exact) mass is 918 g/mol. The first-order chi connectivity index (χ1) is 30.3. The number of alkyl halides is 6. The molecule has 0 atom stereocenters. The number of benzene rings is 3. The van der Waals surface area contributed by atoms with Gasteiger partial charge in [-0.2, -0.15) is 31.3 Å². The normalized spacial score (nSPS) is 13.7. The maximum atomic E-state index is 13.8. The highest BCUT2D eigenvalue weighted by atomic mass is 35.5. The van der Waals surface area contributed by atoms with Crippen molar-refractivity contribution in [1.29, 1.82) is 0 Å². The molecule has 338 valence electrons. The topological polar surface area (TPSA) is 194 Å².